The number of nitrogens with one attached hydrogen (secondary N) is 1. The van der Waals surface area contributed by atoms with Gasteiger partial charge in [0.2, 0.25) is 26.6 Å². The third-order valence-corrected chi connectivity index (χ3v) is 7.21. The molecular formula is C26H24N2O5S. The van der Waals surface area contributed by atoms with Crippen LogP contribution in [0.4, 0.5) is 5.88 Å². The van der Waals surface area contributed by atoms with Gasteiger partial charge in [-0.1, -0.05) is 47.5 Å². The van der Waals surface area contributed by atoms with Gasteiger partial charge in [-0.25, -0.2) is 8.42 Å². The van der Waals surface area contributed by atoms with Crippen molar-refractivity contribution in [1.82, 2.24) is 4.98 Å². The Bertz CT molecular complexity index is 1430. The van der Waals surface area contributed by atoms with Crippen molar-refractivity contribution in [3.8, 4) is 23.0 Å². The Morgan fingerprint density at radius 1 is 0.853 bits per heavy atom. The van der Waals surface area contributed by atoms with Gasteiger partial charge in [0.25, 0.3) is 0 Å². The molecule has 1 aromatic heterocycles. The summed E-state index contributed by atoms with van der Waals surface area (Å²) in [7, 11) is -4.01. The molecule has 3 aromatic carbocycles. The number of benzene rings is 3. The largest absolute Gasteiger partial charge is 0.486 e. The maximum absolute atomic E-state index is 13.6. The first-order valence-electron chi connectivity index (χ1n) is 10.9. The lowest BCUT2D eigenvalue weighted by Crippen LogP contribution is -2.16. The Hall–Kier alpha value is -3.78. The van der Waals surface area contributed by atoms with Crippen molar-refractivity contribution >= 4 is 15.7 Å². The van der Waals surface area contributed by atoms with E-state index in [-0.39, 0.29) is 21.7 Å². The third kappa shape index (κ3) is 4.36. The topological polar surface area (TPSA) is 90.7 Å². The molecule has 8 heteroatoms. The SMILES string of the molecule is Cc1ccc(CNc2oc(-c3ccc(C)cc3)nc2S(=O)(=O)c2ccc3c(c2)OCCO3)cc1. The van der Waals surface area contributed by atoms with Gasteiger partial charge in [-0.3, -0.25) is 0 Å². The fourth-order valence-corrected chi connectivity index (χ4v) is 4.90. The maximum Gasteiger partial charge on any atom is 0.234 e. The second-order valence-electron chi connectivity index (χ2n) is 8.17. The van der Waals surface area contributed by atoms with Crippen LogP contribution in [0.15, 0.2) is 81.1 Å². The molecule has 0 saturated carbocycles. The number of rotatable bonds is 6. The van der Waals surface area contributed by atoms with Crippen molar-refractivity contribution in [2.24, 2.45) is 0 Å². The number of hydrogen-bond donors (Lipinski definition) is 1. The fourth-order valence-electron chi connectivity index (χ4n) is 3.61. The average molecular weight is 477 g/mol. The van der Waals surface area contributed by atoms with Gasteiger partial charge in [-0.2, -0.15) is 4.98 Å². The number of aromatic nitrogens is 1. The van der Waals surface area contributed by atoms with Gasteiger partial charge in [0.1, 0.15) is 13.2 Å². The number of ether oxygens (including phenoxy) is 2. The minimum absolute atomic E-state index is 0.0545. The van der Waals surface area contributed by atoms with Gasteiger partial charge >= 0.3 is 0 Å². The van der Waals surface area contributed by atoms with Crippen molar-refractivity contribution in [1.29, 1.82) is 0 Å². The smallest absolute Gasteiger partial charge is 0.234 e. The fraction of sp³-hybridized carbons (Fsp3) is 0.192. The van der Waals surface area contributed by atoms with Gasteiger partial charge in [0.05, 0.1) is 4.90 Å². The first kappa shape index (κ1) is 22.0. The van der Waals surface area contributed by atoms with Crippen molar-refractivity contribution in [2.75, 3.05) is 18.5 Å². The van der Waals surface area contributed by atoms with Crippen LogP contribution in [0.1, 0.15) is 16.7 Å². The lowest BCUT2D eigenvalue weighted by atomic mass is 10.1. The van der Waals surface area contributed by atoms with Gasteiger partial charge in [-0.15, -0.1) is 0 Å². The van der Waals surface area contributed by atoms with Crippen LogP contribution in [-0.4, -0.2) is 26.6 Å². The molecule has 4 aromatic rings. The molecule has 0 fully saturated rings. The van der Waals surface area contributed by atoms with Crippen molar-refractivity contribution in [3.05, 3.63) is 83.4 Å². The molecule has 0 aliphatic carbocycles. The summed E-state index contributed by atoms with van der Waals surface area (Å²) < 4.78 is 44.3. The lowest BCUT2D eigenvalue weighted by molar-refractivity contribution is 0.171. The summed E-state index contributed by atoms with van der Waals surface area (Å²) in [6.07, 6.45) is 0. The highest BCUT2D eigenvalue weighted by Gasteiger charge is 2.30. The number of anilines is 1. The Morgan fingerprint density at radius 3 is 2.21 bits per heavy atom. The van der Waals surface area contributed by atoms with Gasteiger partial charge in [0.15, 0.2) is 11.5 Å². The van der Waals surface area contributed by atoms with Crippen LogP contribution < -0.4 is 14.8 Å². The van der Waals surface area contributed by atoms with Crippen LogP contribution in [0.3, 0.4) is 0 Å². The molecule has 0 amide bonds. The molecule has 0 radical (unpaired) electrons. The van der Waals surface area contributed by atoms with E-state index in [1.807, 2.05) is 62.4 Å². The van der Waals surface area contributed by atoms with E-state index in [0.717, 1.165) is 16.7 Å². The molecular weight excluding hydrogens is 452 g/mol. The number of hydrogen-bond acceptors (Lipinski definition) is 7. The number of fused-ring (bicyclic) bond motifs is 1. The zero-order valence-corrected chi connectivity index (χ0v) is 19.7. The number of nitrogens with zero attached hydrogens (tertiary/aromatic N) is 1. The van der Waals surface area contributed by atoms with Crippen molar-refractivity contribution in [3.63, 3.8) is 0 Å². The van der Waals surface area contributed by atoms with E-state index in [9.17, 15) is 8.42 Å². The summed E-state index contributed by atoms with van der Waals surface area (Å²) in [5.74, 6) is 1.22. The molecule has 1 aliphatic rings. The molecule has 0 atom stereocenters. The van der Waals surface area contributed by atoms with Crippen molar-refractivity contribution in [2.45, 2.75) is 30.3 Å². The normalized spacial score (nSPS) is 13.0. The van der Waals surface area contributed by atoms with E-state index in [2.05, 4.69) is 10.3 Å². The summed E-state index contributed by atoms with van der Waals surface area (Å²) >= 11 is 0. The first-order valence-corrected chi connectivity index (χ1v) is 12.4. The molecule has 0 bridgehead atoms. The molecule has 0 unspecified atom stereocenters. The second-order valence-corrected chi connectivity index (χ2v) is 10.0. The molecule has 0 spiro atoms. The van der Waals surface area contributed by atoms with Gasteiger partial charge < -0.3 is 19.2 Å². The average Bonchev–Trinajstić information content (AvgIpc) is 3.29. The molecule has 7 nitrogen and oxygen atoms in total. The lowest BCUT2D eigenvalue weighted by Gasteiger charge is -2.18. The Labute approximate surface area is 198 Å². The summed E-state index contributed by atoms with van der Waals surface area (Å²) in [6.45, 7) is 5.16. The predicted octanol–water partition coefficient (Wildman–Crippen LogP) is 5.17. The Morgan fingerprint density at radius 2 is 1.50 bits per heavy atom. The Kier molecular flexibility index (Phi) is 5.75. The highest BCUT2D eigenvalue weighted by atomic mass is 32.2. The predicted molar refractivity (Wildman–Crippen MR) is 128 cm³/mol. The minimum atomic E-state index is -4.01. The van der Waals surface area contributed by atoms with E-state index in [0.29, 0.717) is 36.8 Å². The van der Waals surface area contributed by atoms with Crippen LogP contribution in [0.25, 0.3) is 11.5 Å². The number of aryl methyl sites for hydroxylation is 2. The van der Waals surface area contributed by atoms with Crippen molar-refractivity contribution < 1.29 is 22.3 Å². The van der Waals surface area contributed by atoms with E-state index in [1.165, 1.54) is 12.1 Å². The second kappa shape index (κ2) is 8.87. The maximum atomic E-state index is 13.6. The number of oxazole rings is 1. The summed E-state index contributed by atoms with van der Waals surface area (Å²) in [5.41, 5.74) is 3.90. The Balaban J connectivity index is 1.54. The van der Waals surface area contributed by atoms with E-state index in [1.54, 1.807) is 6.07 Å². The van der Waals surface area contributed by atoms with Gasteiger partial charge in [-0.05, 0) is 43.7 Å². The molecule has 5 rings (SSSR count). The van der Waals surface area contributed by atoms with Crippen LogP contribution in [0.2, 0.25) is 0 Å². The molecule has 0 saturated heterocycles. The van der Waals surface area contributed by atoms with E-state index < -0.39 is 9.84 Å². The van der Waals surface area contributed by atoms with Crippen LogP contribution in [-0.2, 0) is 16.4 Å². The zero-order valence-electron chi connectivity index (χ0n) is 18.9. The van der Waals surface area contributed by atoms with Gasteiger partial charge in [0, 0.05) is 18.2 Å². The standard InChI is InChI=1S/C26H24N2O5S/c1-17-3-7-19(8-4-17)16-27-25-26(28-24(33-25)20-9-5-18(2)6-10-20)34(29,30)21-11-12-22-23(15-21)32-14-13-31-22/h3-12,15,27H,13-14,16H2,1-2H3. The summed E-state index contributed by atoms with van der Waals surface area (Å²) in [6, 6.07) is 20.1. The molecule has 34 heavy (non-hydrogen) atoms. The molecule has 174 valence electrons. The molecule has 1 aliphatic heterocycles. The highest BCUT2D eigenvalue weighted by molar-refractivity contribution is 7.91. The quantitative estimate of drug-likeness (QED) is 0.410. The van der Waals surface area contributed by atoms with E-state index in [4.69, 9.17) is 13.9 Å². The summed E-state index contributed by atoms with van der Waals surface area (Å²) in [5, 5.41) is 2.95. The molecule has 2 heterocycles. The third-order valence-electron chi connectivity index (χ3n) is 5.55. The summed E-state index contributed by atoms with van der Waals surface area (Å²) in [4.78, 5) is 4.46. The number of sulfone groups is 1. The minimum Gasteiger partial charge on any atom is -0.486 e. The monoisotopic (exact) mass is 476 g/mol. The van der Waals surface area contributed by atoms with Crippen LogP contribution >= 0.6 is 0 Å². The molecule has 1 N–H and O–H groups in total. The van der Waals surface area contributed by atoms with Crippen LogP contribution in [0.5, 0.6) is 11.5 Å². The zero-order chi connectivity index (χ0) is 23.7. The van der Waals surface area contributed by atoms with Crippen LogP contribution in [0, 0.1) is 13.8 Å². The highest BCUT2D eigenvalue weighted by Crippen LogP contribution is 2.37. The first-order chi connectivity index (χ1) is 16.4. The van der Waals surface area contributed by atoms with E-state index >= 15 is 0 Å².